The Morgan fingerprint density at radius 3 is 2.56 bits per heavy atom. The number of aliphatic carboxylic acids is 1. The number of carbonyl (C=O) groups is 1. The molecular formula is C25H30ClF2N3O5. The van der Waals surface area contributed by atoms with Gasteiger partial charge in [0.05, 0.1) is 36.5 Å². The summed E-state index contributed by atoms with van der Waals surface area (Å²) in [5, 5.41) is 9.74. The molecular weight excluding hydrogens is 496 g/mol. The molecule has 2 unspecified atom stereocenters. The molecule has 1 aromatic carbocycles. The van der Waals surface area contributed by atoms with Crippen LogP contribution in [0.5, 0.6) is 11.6 Å². The number of carboxylic acids is 1. The van der Waals surface area contributed by atoms with Gasteiger partial charge in [-0.15, -0.1) is 0 Å². The van der Waals surface area contributed by atoms with Crippen LogP contribution in [0.25, 0.3) is 0 Å². The third kappa shape index (κ3) is 5.59. The van der Waals surface area contributed by atoms with Crippen molar-refractivity contribution in [2.24, 2.45) is 5.92 Å². The van der Waals surface area contributed by atoms with Crippen LogP contribution < -0.4 is 19.3 Å². The molecule has 3 heterocycles. The van der Waals surface area contributed by atoms with Gasteiger partial charge >= 0.3 is 5.97 Å². The van der Waals surface area contributed by atoms with E-state index in [0.29, 0.717) is 36.8 Å². The molecule has 0 saturated carbocycles. The second-order valence-electron chi connectivity index (χ2n) is 9.28. The van der Waals surface area contributed by atoms with Crippen LogP contribution in [0.1, 0.15) is 26.2 Å². The number of nitrogens with zero attached hydrogens (tertiary/aromatic N) is 3. The molecule has 2 aliphatic heterocycles. The molecule has 2 aliphatic rings. The van der Waals surface area contributed by atoms with Crippen molar-refractivity contribution in [3.05, 3.63) is 41.1 Å². The number of carboxylic acid groups (broad SMARTS) is 1. The Balaban J connectivity index is 1.47. The lowest BCUT2D eigenvalue weighted by Crippen LogP contribution is -2.44. The zero-order chi connectivity index (χ0) is 26.0. The lowest BCUT2D eigenvalue weighted by atomic mass is 9.96. The first kappa shape index (κ1) is 26.2. The Labute approximate surface area is 213 Å². The average molecular weight is 526 g/mol. The molecule has 1 N–H and O–H groups in total. The number of rotatable bonds is 8. The van der Waals surface area contributed by atoms with E-state index >= 15 is 8.78 Å². The molecule has 4 atom stereocenters. The summed E-state index contributed by atoms with van der Waals surface area (Å²) in [7, 11) is 3.04. The fourth-order valence-electron chi connectivity index (χ4n) is 5.05. The van der Waals surface area contributed by atoms with Crippen molar-refractivity contribution in [1.29, 1.82) is 0 Å². The van der Waals surface area contributed by atoms with Crippen molar-refractivity contribution in [3.8, 4) is 11.6 Å². The first-order chi connectivity index (χ1) is 17.2. The highest BCUT2D eigenvalue weighted by Crippen LogP contribution is 2.37. The molecule has 0 bridgehead atoms. The Kier molecular flexibility index (Phi) is 8.04. The Morgan fingerprint density at radius 2 is 1.94 bits per heavy atom. The van der Waals surface area contributed by atoms with Gasteiger partial charge in [0.25, 0.3) is 0 Å². The quantitative estimate of drug-likeness (QED) is 0.543. The zero-order valence-corrected chi connectivity index (χ0v) is 21.2. The lowest BCUT2D eigenvalue weighted by molar-refractivity contribution is -0.137. The fraction of sp³-hybridized carbons (Fsp3) is 0.520. The Bertz CT molecular complexity index is 1080. The summed E-state index contributed by atoms with van der Waals surface area (Å²) >= 11 is 6.34. The SMILES string of the molecule is COc1cc(N2CCC(Oc3cc(F)c(N4C[C@H](OC)C[C@@H]4CC(=O)O)c(F)c3)C(C)C2)c(Cl)cn1. The number of benzene rings is 1. The predicted octanol–water partition coefficient (Wildman–Crippen LogP) is 4.38. The largest absolute Gasteiger partial charge is 0.490 e. The first-order valence-electron chi connectivity index (χ1n) is 11.8. The van der Waals surface area contributed by atoms with E-state index in [0.717, 1.165) is 5.69 Å². The summed E-state index contributed by atoms with van der Waals surface area (Å²) in [5.74, 6) is -2.02. The zero-order valence-electron chi connectivity index (χ0n) is 20.4. The summed E-state index contributed by atoms with van der Waals surface area (Å²) in [6.45, 7) is 3.48. The number of halogens is 3. The number of hydrogen-bond acceptors (Lipinski definition) is 7. The van der Waals surface area contributed by atoms with Gasteiger partial charge in [-0.1, -0.05) is 18.5 Å². The third-order valence-corrected chi connectivity index (χ3v) is 7.16. The van der Waals surface area contributed by atoms with Crippen molar-refractivity contribution in [2.75, 3.05) is 43.7 Å². The van der Waals surface area contributed by atoms with E-state index in [1.165, 1.54) is 31.3 Å². The second-order valence-corrected chi connectivity index (χ2v) is 9.69. The van der Waals surface area contributed by atoms with Crippen molar-refractivity contribution >= 4 is 28.9 Å². The molecule has 2 aromatic rings. The number of aromatic nitrogens is 1. The van der Waals surface area contributed by atoms with Crippen LogP contribution in [0, 0.1) is 17.6 Å². The van der Waals surface area contributed by atoms with Gasteiger partial charge in [-0.2, -0.15) is 0 Å². The van der Waals surface area contributed by atoms with E-state index in [-0.39, 0.29) is 42.5 Å². The van der Waals surface area contributed by atoms with Crippen LogP contribution in [0.3, 0.4) is 0 Å². The van der Waals surface area contributed by atoms with Gasteiger partial charge in [0.15, 0.2) is 11.6 Å². The number of piperidine rings is 1. The van der Waals surface area contributed by atoms with E-state index in [1.54, 1.807) is 12.3 Å². The van der Waals surface area contributed by atoms with Crippen molar-refractivity contribution < 1.29 is 32.9 Å². The lowest BCUT2D eigenvalue weighted by Gasteiger charge is -2.38. The highest BCUT2D eigenvalue weighted by molar-refractivity contribution is 6.33. The van der Waals surface area contributed by atoms with E-state index in [9.17, 15) is 9.90 Å². The Hall–Kier alpha value is -2.85. The van der Waals surface area contributed by atoms with Gasteiger partial charge in [0, 0.05) is 63.3 Å². The minimum Gasteiger partial charge on any atom is -0.490 e. The summed E-state index contributed by atoms with van der Waals surface area (Å²) in [5.41, 5.74) is 0.559. The molecule has 0 spiro atoms. The summed E-state index contributed by atoms with van der Waals surface area (Å²) in [6, 6.07) is 3.55. The van der Waals surface area contributed by atoms with Crippen molar-refractivity contribution in [3.63, 3.8) is 0 Å². The molecule has 0 aliphatic carbocycles. The summed E-state index contributed by atoms with van der Waals surface area (Å²) < 4.78 is 46.9. The van der Waals surface area contributed by atoms with E-state index in [1.807, 2.05) is 6.92 Å². The van der Waals surface area contributed by atoms with Crippen LogP contribution in [-0.2, 0) is 9.53 Å². The van der Waals surface area contributed by atoms with Crippen molar-refractivity contribution in [1.82, 2.24) is 4.98 Å². The predicted molar refractivity (Wildman–Crippen MR) is 131 cm³/mol. The Morgan fingerprint density at radius 1 is 1.22 bits per heavy atom. The smallest absolute Gasteiger partial charge is 0.305 e. The maximum absolute atomic E-state index is 15.2. The topological polar surface area (TPSA) is 84.4 Å². The number of anilines is 2. The second kappa shape index (κ2) is 11.0. The molecule has 1 aromatic heterocycles. The normalized spacial score (nSPS) is 24.2. The van der Waals surface area contributed by atoms with E-state index < -0.39 is 23.6 Å². The molecule has 8 nitrogen and oxygen atoms in total. The summed E-state index contributed by atoms with van der Waals surface area (Å²) in [4.78, 5) is 18.9. The molecule has 196 valence electrons. The highest BCUT2D eigenvalue weighted by atomic mass is 35.5. The van der Waals surface area contributed by atoms with Gasteiger partial charge in [-0.25, -0.2) is 13.8 Å². The number of methoxy groups -OCH3 is 2. The van der Waals surface area contributed by atoms with Gasteiger partial charge in [0.1, 0.15) is 17.5 Å². The first-order valence-corrected chi connectivity index (χ1v) is 12.2. The molecule has 0 amide bonds. The molecule has 0 radical (unpaired) electrons. The number of pyridine rings is 1. The maximum Gasteiger partial charge on any atom is 0.305 e. The molecule has 4 rings (SSSR count). The third-order valence-electron chi connectivity index (χ3n) is 6.87. The average Bonchev–Trinajstić information content (AvgIpc) is 3.22. The van der Waals surface area contributed by atoms with Gasteiger partial charge < -0.3 is 29.1 Å². The molecule has 11 heteroatoms. The monoisotopic (exact) mass is 525 g/mol. The minimum absolute atomic E-state index is 0.0424. The van der Waals surface area contributed by atoms with Crippen molar-refractivity contribution in [2.45, 2.75) is 44.4 Å². The maximum atomic E-state index is 15.2. The van der Waals surface area contributed by atoms with Crippen LogP contribution in [0.4, 0.5) is 20.2 Å². The van der Waals surface area contributed by atoms with Crippen LogP contribution in [0.2, 0.25) is 5.02 Å². The molecule has 2 fully saturated rings. The van der Waals surface area contributed by atoms with E-state index in [4.69, 9.17) is 25.8 Å². The minimum atomic E-state index is -1.03. The number of hydrogen-bond donors (Lipinski definition) is 1. The standard InChI is InChI=1S/C25H30ClF2N3O5/c1-14-12-30(21-10-23(35-3)29-11-18(21)26)5-4-22(14)36-16-8-19(27)25(20(28)9-16)31-13-17(34-2)6-15(31)7-24(32)33/h8-11,14-15,17,22H,4-7,12-13H2,1-3H3,(H,32,33)/t14?,15-,17-,22?/m1/s1. The van der Waals surface area contributed by atoms with Crippen LogP contribution in [-0.4, -0.2) is 68.2 Å². The van der Waals surface area contributed by atoms with Gasteiger partial charge in [0.2, 0.25) is 5.88 Å². The van der Waals surface area contributed by atoms with Gasteiger partial charge in [-0.05, 0) is 6.42 Å². The highest BCUT2D eigenvalue weighted by Gasteiger charge is 2.37. The fourth-order valence-corrected chi connectivity index (χ4v) is 5.28. The molecule has 36 heavy (non-hydrogen) atoms. The van der Waals surface area contributed by atoms with Crippen LogP contribution in [0.15, 0.2) is 24.4 Å². The summed E-state index contributed by atoms with van der Waals surface area (Å²) in [6.07, 6.45) is 1.76. The van der Waals surface area contributed by atoms with Gasteiger partial charge in [-0.3, -0.25) is 4.79 Å². The number of ether oxygens (including phenoxy) is 3. The van der Waals surface area contributed by atoms with E-state index in [2.05, 4.69) is 9.88 Å². The van der Waals surface area contributed by atoms with Crippen LogP contribution >= 0.6 is 11.6 Å². The molecule has 2 saturated heterocycles.